The first-order chi connectivity index (χ1) is 12.5. The van der Waals surface area contributed by atoms with Crippen molar-refractivity contribution in [3.63, 3.8) is 0 Å². The van der Waals surface area contributed by atoms with Crippen LogP contribution in [0.3, 0.4) is 0 Å². The SMILES string of the molecule is CN(C)C(=O)CN=C(NCCN1CCOCC1)NCCC1(C)OCCO1. The van der Waals surface area contributed by atoms with Crippen LogP contribution in [0.2, 0.25) is 0 Å². The second kappa shape index (κ2) is 10.7. The molecule has 2 heterocycles. The summed E-state index contributed by atoms with van der Waals surface area (Å²) in [5.74, 6) is 0.0644. The maximum Gasteiger partial charge on any atom is 0.243 e. The van der Waals surface area contributed by atoms with Crippen molar-refractivity contribution >= 4 is 11.9 Å². The van der Waals surface area contributed by atoms with E-state index in [1.165, 1.54) is 4.90 Å². The number of guanidine groups is 1. The third-order valence-corrected chi connectivity index (χ3v) is 4.47. The molecule has 0 radical (unpaired) electrons. The number of hydrogen-bond acceptors (Lipinski definition) is 6. The largest absolute Gasteiger partial charge is 0.379 e. The summed E-state index contributed by atoms with van der Waals surface area (Å²) in [6.07, 6.45) is 0.707. The van der Waals surface area contributed by atoms with Crippen LogP contribution in [0.4, 0.5) is 0 Å². The molecule has 2 fully saturated rings. The molecule has 2 saturated heterocycles. The molecule has 0 bridgehead atoms. The van der Waals surface area contributed by atoms with Crippen LogP contribution < -0.4 is 10.6 Å². The highest BCUT2D eigenvalue weighted by Crippen LogP contribution is 2.21. The van der Waals surface area contributed by atoms with Crippen LogP contribution in [-0.2, 0) is 19.0 Å². The normalized spacial score (nSPS) is 20.8. The van der Waals surface area contributed by atoms with E-state index in [1.807, 2.05) is 6.92 Å². The number of carbonyl (C=O) groups is 1. The third-order valence-electron chi connectivity index (χ3n) is 4.47. The summed E-state index contributed by atoms with van der Waals surface area (Å²) in [6.45, 7) is 9.12. The number of likely N-dealkylation sites (N-methyl/N-ethyl adjacent to an activating group) is 1. The number of nitrogens with one attached hydrogen (secondary N) is 2. The van der Waals surface area contributed by atoms with Gasteiger partial charge >= 0.3 is 0 Å². The van der Waals surface area contributed by atoms with Crippen molar-refractivity contribution < 1.29 is 19.0 Å². The summed E-state index contributed by atoms with van der Waals surface area (Å²) in [6, 6.07) is 0. The Morgan fingerprint density at radius 1 is 1.12 bits per heavy atom. The number of nitrogens with zero attached hydrogens (tertiary/aromatic N) is 3. The molecule has 0 saturated carbocycles. The van der Waals surface area contributed by atoms with E-state index in [1.54, 1.807) is 14.1 Å². The van der Waals surface area contributed by atoms with E-state index in [0.29, 0.717) is 32.1 Å². The fourth-order valence-electron chi connectivity index (χ4n) is 2.73. The molecule has 9 heteroatoms. The highest BCUT2D eigenvalue weighted by atomic mass is 16.7. The Balaban J connectivity index is 1.77. The molecule has 26 heavy (non-hydrogen) atoms. The zero-order valence-electron chi connectivity index (χ0n) is 16.3. The van der Waals surface area contributed by atoms with Crippen LogP contribution in [0, 0.1) is 0 Å². The quantitative estimate of drug-likeness (QED) is 0.422. The molecule has 2 rings (SSSR count). The Labute approximate surface area is 156 Å². The molecule has 0 aromatic rings. The van der Waals surface area contributed by atoms with Crippen molar-refractivity contribution in [2.45, 2.75) is 19.1 Å². The summed E-state index contributed by atoms with van der Waals surface area (Å²) in [5.41, 5.74) is 0. The van der Waals surface area contributed by atoms with Crippen LogP contribution in [0.15, 0.2) is 4.99 Å². The molecule has 2 N–H and O–H groups in total. The highest BCUT2D eigenvalue weighted by molar-refractivity contribution is 5.84. The predicted molar refractivity (Wildman–Crippen MR) is 99.2 cm³/mol. The predicted octanol–water partition coefficient (Wildman–Crippen LogP) is -0.905. The summed E-state index contributed by atoms with van der Waals surface area (Å²) in [7, 11) is 3.46. The summed E-state index contributed by atoms with van der Waals surface area (Å²) in [5, 5.41) is 6.57. The molecular weight excluding hydrogens is 338 g/mol. The average molecular weight is 371 g/mol. The van der Waals surface area contributed by atoms with E-state index < -0.39 is 5.79 Å². The average Bonchev–Trinajstić information content (AvgIpc) is 3.06. The van der Waals surface area contributed by atoms with Gasteiger partial charge in [0, 0.05) is 53.2 Å². The zero-order valence-corrected chi connectivity index (χ0v) is 16.3. The monoisotopic (exact) mass is 371 g/mol. The second-order valence-corrected chi connectivity index (χ2v) is 6.84. The summed E-state index contributed by atoms with van der Waals surface area (Å²) < 4.78 is 16.6. The second-order valence-electron chi connectivity index (χ2n) is 6.84. The Hall–Kier alpha value is -1.42. The number of aliphatic imine (C=N–C) groups is 1. The van der Waals surface area contributed by atoms with Gasteiger partial charge in [-0.3, -0.25) is 9.69 Å². The van der Waals surface area contributed by atoms with E-state index >= 15 is 0 Å². The maximum atomic E-state index is 11.8. The van der Waals surface area contributed by atoms with E-state index in [4.69, 9.17) is 14.2 Å². The lowest BCUT2D eigenvalue weighted by molar-refractivity contribution is -0.145. The minimum Gasteiger partial charge on any atom is -0.379 e. The minimum absolute atomic E-state index is 0.0336. The molecule has 9 nitrogen and oxygen atoms in total. The van der Waals surface area contributed by atoms with Crippen LogP contribution in [0.1, 0.15) is 13.3 Å². The van der Waals surface area contributed by atoms with Gasteiger partial charge in [0.05, 0.1) is 26.4 Å². The van der Waals surface area contributed by atoms with Gasteiger partial charge in [0.1, 0.15) is 6.54 Å². The van der Waals surface area contributed by atoms with Crippen LogP contribution in [0.5, 0.6) is 0 Å². The molecule has 0 aromatic carbocycles. The van der Waals surface area contributed by atoms with Crippen molar-refractivity contribution in [3.05, 3.63) is 0 Å². The lowest BCUT2D eigenvalue weighted by Gasteiger charge is -2.27. The van der Waals surface area contributed by atoms with Gasteiger partial charge in [0.25, 0.3) is 0 Å². The highest BCUT2D eigenvalue weighted by Gasteiger charge is 2.30. The van der Waals surface area contributed by atoms with Crippen LogP contribution in [0.25, 0.3) is 0 Å². The van der Waals surface area contributed by atoms with Crippen molar-refractivity contribution in [1.29, 1.82) is 0 Å². The number of rotatable bonds is 8. The smallest absolute Gasteiger partial charge is 0.243 e. The molecule has 0 unspecified atom stereocenters. The standard InChI is InChI=1S/C17H33N5O4/c1-17(25-12-13-26-17)4-5-18-16(20-14-15(23)21(2)3)19-6-7-22-8-10-24-11-9-22/h4-14H2,1-3H3,(H2,18,19,20). The molecule has 0 atom stereocenters. The third kappa shape index (κ3) is 7.45. The molecule has 2 aliphatic heterocycles. The minimum atomic E-state index is -0.536. The van der Waals surface area contributed by atoms with Gasteiger partial charge < -0.3 is 29.7 Å². The fourth-order valence-corrected chi connectivity index (χ4v) is 2.73. The summed E-state index contributed by atoms with van der Waals surface area (Å²) in [4.78, 5) is 20.1. The van der Waals surface area contributed by atoms with Gasteiger partial charge in [-0.15, -0.1) is 0 Å². The van der Waals surface area contributed by atoms with Gasteiger partial charge in [0.15, 0.2) is 11.7 Å². The lowest BCUT2D eigenvalue weighted by Crippen LogP contribution is -2.45. The molecule has 2 aliphatic rings. The van der Waals surface area contributed by atoms with Gasteiger partial charge in [-0.05, 0) is 6.92 Å². The first kappa shape index (κ1) is 20.9. The lowest BCUT2D eigenvalue weighted by atomic mass is 10.2. The van der Waals surface area contributed by atoms with Gasteiger partial charge in [0.2, 0.25) is 5.91 Å². The zero-order chi connectivity index (χ0) is 18.8. The van der Waals surface area contributed by atoms with Crippen molar-refractivity contribution in [2.75, 3.05) is 79.8 Å². The first-order valence-electron chi connectivity index (χ1n) is 9.29. The molecule has 0 aromatic heterocycles. The number of ether oxygens (including phenoxy) is 3. The number of amides is 1. The molecule has 150 valence electrons. The number of hydrogen-bond donors (Lipinski definition) is 2. The van der Waals surface area contributed by atoms with Gasteiger partial charge in [-0.1, -0.05) is 0 Å². The Bertz CT molecular complexity index is 460. The first-order valence-corrected chi connectivity index (χ1v) is 9.29. The molecule has 0 aliphatic carbocycles. The summed E-state index contributed by atoms with van der Waals surface area (Å²) >= 11 is 0. The van der Waals surface area contributed by atoms with Gasteiger partial charge in [-0.2, -0.15) is 0 Å². The van der Waals surface area contributed by atoms with E-state index in [0.717, 1.165) is 39.4 Å². The maximum absolute atomic E-state index is 11.8. The van der Waals surface area contributed by atoms with E-state index in [-0.39, 0.29) is 12.5 Å². The van der Waals surface area contributed by atoms with E-state index in [9.17, 15) is 4.79 Å². The molecule has 0 spiro atoms. The Morgan fingerprint density at radius 3 is 2.42 bits per heavy atom. The van der Waals surface area contributed by atoms with Crippen molar-refractivity contribution in [1.82, 2.24) is 20.4 Å². The Morgan fingerprint density at radius 2 is 1.77 bits per heavy atom. The van der Waals surface area contributed by atoms with Crippen LogP contribution in [-0.4, -0.2) is 107 Å². The Kier molecular flexibility index (Phi) is 8.56. The number of carbonyl (C=O) groups excluding carboxylic acids is 1. The van der Waals surface area contributed by atoms with Gasteiger partial charge in [-0.25, -0.2) is 4.99 Å². The van der Waals surface area contributed by atoms with Crippen molar-refractivity contribution in [2.24, 2.45) is 4.99 Å². The fraction of sp³-hybridized carbons (Fsp3) is 0.882. The number of morpholine rings is 1. The topological polar surface area (TPSA) is 87.7 Å². The van der Waals surface area contributed by atoms with Crippen LogP contribution >= 0.6 is 0 Å². The molecular formula is C17H33N5O4. The van der Waals surface area contributed by atoms with Crippen molar-refractivity contribution in [3.8, 4) is 0 Å². The van der Waals surface area contributed by atoms with E-state index in [2.05, 4.69) is 20.5 Å². The molecule has 1 amide bonds.